The van der Waals surface area contributed by atoms with E-state index in [9.17, 15) is 14.4 Å². The van der Waals surface area contributed by atoms with Gasteiger partial charge in [-0.1, -0.05) is 37.8 Å². The Balaban J connectivity index is 3.27. The third kappa shape index (κ3) is 10.6. The summed E-state index contributed by atoms with van der Waals surface area (Å²) >= 11 is 1.58. The lowest BCUT2D eigenvalue weighted by Gasteiger charge is -2.33. The van der Waals surface area contributed by atoms with Crippen molar-refractivity contribution in [2.45, 2.75) is 78.0 Å². The van der Waals surface area contributed by atoms with Crippen molar-refractivity contribution in [3.8, 4) is 12.3 Å². The molecule has 0 bridgehead atoms. The maximum absolute atomic E-state index is 13.7. The van der Waals surface area contributed by atoms with Gasteiger partial charge < -0.3 is 20.3 Å². The molecule has 0 aromatic heterocycles. The topological polar surface area (TPSA) is 87.7 Å². The summed E-state index contributed by atoms with van der Waals surface area (Å²) in [5.74, 6) is 2.64. The number of rotatable bonds is 13. The fourth-order valence-electron chi connectivity index (χ4n) is 3.53. The van der Waals surface area contributed by atoms with Gasteiger partial charge in [-0.25, -0.2) is 4.79 Å². The standard InChI is InChI=1S/C27H41N3O4S/c1-8-11-12-18-28-24(31)23(21-15-13-20(9-2)14-16-21)30(10-3)25(32)22(17-19-35-7)29-26(33)34-27(4,5)6/h2,13-16,22-23H,8,10-12,17-19H2,1,3-7H3,(H,28,31)(H,29,33). The van der Waals surface area contributed by atoms with Crippen molar-refractivity contribution in [2.24, 2.45) is 0 Å². The van der Waals surface area contributed by atoms with E-state index in [0.717, 1.165) is 19.3 Å². The molecular weight excluding hydrogens is 462 g/mol. The second-order valence-corrected chi connectivity index (χ2v) is 10.3. The molecule has 2 N–H and O–H groups in total. The van der Waals surface area contributed by atoms with Crippen LogP contribution in [0.25, 0.3) is 0 Å². The quantitative estimate of drug-likeness (QED) is 0.305. The number of thioether (sulfide) groups is 1. The second-order valence-electron chi connectivity index (χ2n) is 9.27. The van der Waals surface area contributed by atoms with Crippen molar-refractivity contribution < 1.29 is 19.1 Å². The molecule has 0 fully saturated rings. The number of terminal acetylenes is 1. The highest BCUT2D eigenvalue weighted by molar-refractivity contribution is 7.98. The molecule has 7 nitrogen and oxygen atoms in total. The number of hydrogen-bond acceptors (Lipinski definition) is 5. The highest BCUT2D eigenvalue weighted by Gasteiger charge is 2.35. The van der Waals surface area contributed by atoms with Gasteiger partial charge in [0.25, 0.3) is 0 Å². The number of alkyl carbamates (subject to hydrolysis) is 1. The molecule has 8 heteroatoms. The Morgan fingerprint density at radius 2 is 1.80 bits per heavy atom. The highest BCUT2D eigenvalue weighted by atomic mass is 32.2. The average Bonchev–Trinajstić information content (AvgIpc) is 2.81. The van der Waals surface area contributed by atoms with Crippen LogP contribution in [0.2, 0.25) is 0 Å². The number of likely N-dealkylation sites (N-methyl/N-ethyl adjacent to an activating group) is 1. The lowest BCUT2D eigenvalue weighted by Crippen LogP contribution is -2.53. The van der Waals surface area contributed by atoms with E-state index in [4.69, 9.17) is 11.2 Å². The van der Waals surface area contributed by atoms with Gasteiger partial charge in [0.05, 0.1) is 0 Å². The van der Waals surface area contributed by atoms with Gasteiger partial charge >= 0.3 is 6.09 Å². The minimum Gasteiger partial charge on any atom is -0.444 e. The summed E-state index contributed by atoms with van der Waals surface area (Å²) < 4.78 is 5.38. The lowest BCUT2D eigenvalue weighted by atomic mass is 10.0. The van der Waals surface area contributed by atoms with Crippen LogP contribution in [0.1, 0.15) is 77.5 Å². The van der Waals surface area contributed by atoms with Crippen LogP contribution < -0.4 is 10.6 Å². The number of nitrogens with one attached hydrogen (secondary N) is 2. The zero-order valence-electron chi connectivity index (χ0n) is 22.0. The minimum absolute atomic E-state index is 0.259. The fraction of sp³-hybridized carbons (Fsp3) is 0.593. The summed E-state index contributed by atoms with van der Waals surface area (Å²) in [6.45, 7) is 10.0. The van der Waals surface area contributed by atoms with E-state index in [0.29, 0.717) is 29.8 Å². The molecule has 1 aromatic carbocycles. The van der Waals surface area contributed by atoms with E-state index in [-0.39, 0.29) is 18.4 Å². The summed E-state index contributed by atoms with van der Waals surface area (Å²) in [4.78, 5) is 41.1. The molecule has 2 unspecified atom stereocenters. The van der Waals surface area contributed by atoms with Crippen LogP contribution in [0.5, 0.6) is 0 Å². The summed E-state index contributed by atoms with van der Waals surface area (Å²) in [5, 5.41) is 5.70. The molecule has 0 aliphatic heterocycles. The van der Waals surface area contributed by atoms with E-state index in [1.807, 2.05) is 13.2 Å². The normalized spacial score (nSPS) is 12.7. The first-order valence-electron chi connectivity index (χ1n) is 12.2. The minimum atomic E-state index is -0.849. The maximum atomic E-state index is 13.7. The first-order chi connectivity index (χ1) is 16.6. The van der Waals surface area contributed by atoms with Crippen LogP contribution in [0.4, 0.5) is 4.79 Å². The van der Waals surface area contributed by atoms with Crippen molar-refractivity contribution in [3.05, 3.63) is 35.4 Å². The zero-order chi connectivity index (χ0) is 26.4. The van der Waals surface area contributed by atoms with Crippen molar-refractivity contribution in [1.29, 1.82) is 0 Å². The average molecular weight is 504 g/mol. The van der Waals surface area contributed by atoms with Gasteiger partial charge in [-0.3, -0.25) is 9.59 Å². The van der Waals surface area contributed by atoms with E-state index >= 15 is 0 Å². The molecule has 0 aliphatic carbocycles. The van der Waals surface area contributed by atoms with Crippen molar-refractivity contribution in [3.63, 3.8) is 0 Å². The fourth-order valence-corrected chi connectivity index (χ4v) is 4.00. The Bertz CT molecular complexity index is 859. The number of amides is 3. The monoisotopic (exact) mass is 503 g/mol. The molecule has 2 atom stereocenters. The highest BCUT2D eigenvalue weighted by Crippen LogP contribution is 2.24. The van der Waals surface area contributed by atoms with Crippen LogP contribution >= 0.6 is 11.8 Å². The van der Waals surface area contributed by atoms with Crippen LogP contribution in [0.15, 0.2) is 24.3 Å². The first-order valence-corrected chi connectivity index (χ1v) is 13.6. The van der Waals surface area contributed by atoms with E-state index < -0.39 is 23.8 Å². The largest absolute Gasteiger partial charge is 0.444 e. The predicted octanol–water partition coefficient (Wildman–Crippen LogP) is 4.51. The maximum Gasteiger partial charge on any atom is 0.408 e. The number of carbonyl (C=O) groups excluding carboxylic acids is 3. The summed E-state index contributed by atoms with van der Waals surface area (Å²) in [7, 11) is 0. The second kappa shape index (κ2) is 15.4. The van der Waals surface area contributed by atoms with Crippen LogP contribution in [-0.2, 0) is 14.3 Å². The van der Waals surface area contributed by atoms with Crippen LogP contribution in [0, 0.1) is 12.3 Å². The molecule has 35 heavy (non-hydrogen) atoms. The number of carbonyl (C=O) groups is 3. The summed E-state index contributed by atoms with van der Waals surface area (Å²) in [6, 6.07) is 5.40. The molecule has 1 aromatic rings. The van der Waals surface area contributed by atoms with Gasteiger partial charge in [-0.05, 0) is 70.2 Å². The van der Waals surface area contributed by atoms with Crippen LogP contribution in [0.3, 0.4) is 0 Å². The SMILES string of the molecule is C#Cc1ccc(C(C(=O)NCCCCC)N(CC)C(=O)C(CCSC)NC(=O)OC(C)(C)C)cc1. The molecule has 0 aliphatic rings. The molecule has 0 heterocycles. The van der Waals surface area contributed by atoms with Gasteiger partial charge in [-0.15, -0.1) is 6.42 Å². The van der Waals surface area contributed by atoms with Gasteiger partial charge in [0.1, 0.15) is 17.7 Å². The Hall–Kier alpha value is -2.66. The summed E-state index contributed by atoms with van der Waals surface area (Å²) in [6.07, 6.45) is 10.1. The van der Waals surface area contributed by atoms with E-state index in [2.05, 4.69) is 23.5 Å². The van der Waals surface area contributed by atoms with Crippen molar-refractivity contribution >= 4 is 29.7 Å². The number of benzene rings is 1. The van der Waals surface area contributed by atoms with E-state index in [1.165, 1.54) is 4.90 Å². The molecule has 0 saturated carbocycles. The molecule has 0 spiro atoms. The smallest absolute Gasteiger partial charge is 0.408 e. The molecule has 3 amide bonds. The van der Waals surface area contributed by atoms with Gasteiger partial charge in [0, 0.05) is 18.7 Å². The van der Waals surface area contributed by atoms with E-state index in [1.54, 1.807) is 56.8 Å². The van der Waals surface area contributed by atoms with Crippen molar-refractivity contribution in [2.75, 3.05) is 25.1 Å². The van der Waals surface area contributed by atoms with Gasteiger partial charge in [-0.2, -0.15) is 11.8 Å². The third-order valence-corrected chi connectivity index (χ3v) is 5.90. The number of unbranched alkanes of at least 4 members (excludes halogenated alkanes) is 2. The Kier molecular flexibility index (Phi) is 13.3. The third-order valence-electron chi connectivity index (χ3n) is 5.26. The Morgan fingerprint density at radius 3 is 2.31 bits per heavy atom. The Labute approximate surface area is 215 Å². The molecule has 0 radical (unpaired) electrons. The number of nitrogens with zero attached hydrogens (tertiary/aromatic N) is 1. The molecule has 1 rings (SSSR count). The van der Waals surface area contributed by atoms with Crippen molar-refractivity contribution in [1.82, 2.24) is 15.5 Å². The lowest BCUT2D eigenvalue weighted by molar-refractivity contribution is -0.142. The summed E-state index contributed by atoms with van der Waals surface area (Å²) in [5.41, 5.74) is 0.657. The molecule has 0 saturated heterocycles. The predicted molar refractivity (Wildman–Crippen MR) is 143 cm³/mol. The molecule has 194 valence electrons. The number of ether oxygens (including phenoxy) is 1. The zero-order valence-corrected chi connectivity index (χ0v) is 22.8. The van der Waals surface area contributed by atoms with Gasteiger partial charge in [0.2, 0.25) is 11.8 Å². The van der Waals surface area contributed by atoms with Gasteiger partial charge in [0.15, 0.2) is 0 Å². The van der Waals surface area contributed by atoms with Crippen LogP contribution in [-0.4, -0.2) is 59.5 Å². The Morgan fingerprint density at radius 1 is 1.14 bits per heavy atom. The first kappa shape index (κ1) is 30.4. The number of hydrogen-bond donors (Lipinski definition) is 2. The molecular formula is C27H41N3O4S.